The van der Waals surface area contributed by atoms with E-state index in [9.17, 15) is 4.79 Å². The van der Waals surface area contributed by atoms with Crippen LogP contribution in [0.3, 0.4) is 0 Å². The predicted octanol–water partition coefficient (Wildman–Crippen LogP) is 3.40. The van der Waals surface area contributed by atoms with Gasteiger partial charge in [-0.1, -0.05) is 13.8 Å². The monoisotopic (exact) mass is 246 g/mol. The fourth-order valence-corrected chi connectivity index (χ4v) is 1.99. The molecule has 1 amide bonds. The highest BCUT2D eigenvalue weighted by molar-refractivity contribution is 7.13. The minimum Gasteiger partial charge on any atom is -0.326 e. The molecule has 0 aliphatic heterocycles. The van der Waals surface area contributed by atoms with Crippen molar-refractivity contribution < 1.29 is 4.79 Å². The second-order valence-corrected chi connectivity index (χ2v) is 4.95. The van der Waals surface area contributed by atoms with E-state index in [4.69, 9.17) is 0 Å². The minimum atomic E-state index is -0.00589. The molecule has 2 rings (SSSR count). The van der Waals surface area contributed by atoms with Gasteiger partial charge in [0.1, 0.15) is 5.01 Å². The number of thiazole rings is 1. The number of carbonyl (C=O) groups excluding carboxylic acids is 1. The second kappa shape index (κ2) is 5.10. The van der Waals surface area contributed by atoms with E-state index in [1.165, 1.54) is 0 Å². The van der Waals surface area contributed by atoms with Gasteiger partial charge >= 0.3 is 0 Å². The molecule has 2 aromatic rings. The molecule has 0 aliphatic carbocycles. The lowest BCUT2D eigenvalue weighted by molar-refractivity contribution is -0.118. The number of carbonyl (C=O) groups is 1. The van der Waals surface area contributed by atoms with Gasteiger partial charge in [0.2, 0.25) is 5.91 Å². The van der Waals surface area contributed by atoms with Crippen molar-refractivity contribution in [3.8, 4) is 10.6 Å². The fourth-order valence-electron chi connectivity index (χ4n) is 1.35. The summed E-state index contributed by atoms with van der Waals surface area (Å²) in [4.78, 5) is 15.7. The molecule has 0 saturated heterocycles. The number of anilines is 1. The van der Waals surface area contributed by atoms with Gasteiger partial charge in [0.05, 0.1) is 0 Å². The first kappa shape index (κ1) is 11.8. The Kier molecular flexibility index (Phi) is 3.54. The van der Waals surface area contributed by atoms with Crippen LogP contribution in [0.4, 0.5) is 5.69 Å². The molecule has 1 aromatic heterocycles. The smallest absolute Gasteiger partial charge is 0.226 e. The quantitative estimate of drug-likeness (QED) is 0.901. The number of rotatable bonds is 3. The number of aromatic nitrogens is 1. The van der Waals surface area contributed by atoms with Gasteiger partial charge in [0.25, 0.3) is 0 Å². The van der Waals surface area contributed by atoms with Crippen molar-refractivity contribution in [1.29, 1.82) is 0 Å². The molecular weight excluding hydrogens is 232 g/mol. The van der Waals surface area contributed by atoms with Crippen molar-refractivity contribution in [1.82, 2.24) is 4.98 Å². The first-order valence-corrected chi connectivity index (χ1v) is 6.35. The van der Waals surface area contributed by atoms with Gasteiger partial charge in [0.15, 0.2) is 0 Å². The highest BCUT2D eigenvalue weighted by atomic mass is 32.1. The number of nitrogens with zero attached hydrogens (tertiary/aromatic N) is 1. The molecule has 0 aliphatic rings. The molecule has 0 spiro atoms. The standard InChI is InChI=1S/C13H14N2OS/c1-9(2)12(16)15-11-5-3-10(4-6-11)13-14-7-8-17-13/h3-9H,1-2H3,(H,15,16). The summed E-state index contributed by atoms with van der Waals surface area (Å²) in [5.74, 6) is 0.0284. The molecule has 0 unspecified atom stereocenters. The summed E-state index contributed by atoms with van der Waals surface area (Å²) in [6.45, 7) is 3.75. The molecule has 17 heavy (non-hydrogen) atoms. The third-order valence-corrected chi connectivity index (χ3v) is 3.18. The Morgan fingerprint density at radius 2 is 2.00 bits per heavy atom. The zero-order valence-corrected chi connectivity index (χ0v) is 10.6. The van der Waals surface area contributed by atoms with Crippen molar-refractivity contribution in [3.63, 3.8) is 0 Å². The Morgan fingerprint density at radius 1 is 1.29 bits per heavy atom. The summed E-state index contributed by atoms with van der Waals surface area (Å²) in [7, 11) is 0. The molecule has 1 aromatic carbocycles. The Labute approximate surface area is 105 Å². The predicted molar refractivity (Wildman–Crippen MR) is 71.0 cm³/mol. The maximum absolute atomic E-state index is 11.5. The van der Waals surface area contributed by atoms with E-state index in [2.05, 4.69) is 10.3 Å². The number of hydrogen-bond donors (Lipinski definition) is 1. The summed E-state index contributed by atoms with van der Waals surface area (Å²) >= 11 is 1.60. The fraction of sp³-hybridized carbons (Fsp3) is 0.231. The average Bonchev–Trinajstić information content (AvgIpc) is 2.83. The number of benzene rings is 1. The Bertz CT molecular complexity index is 489. The molecular formula is C13H14N2OS. The van der Waals surface area contributed by atoms with Gasteiger partial charge in [0, 0.05) is 28.7 Å². The first-order valence-electron chi connectivity index (χ1n) is 5.47. The highest BCUT2D eigenvalue weighted by Gasteiger charge is 2.07. The Morgan fingerprint density at radius 3 is 2.53 bits per heavy atom. The van der Waals surface area contributed by atoms with Crippen LogP contribution < -0.4 is 5.32 Å². The van der Waals surface area contributed by atoms with E-state index in [1.807, 2.05) is 43.5 Å². The summed E-state index contributed by atoms with van der Waals surface area (Å²) in [6.07, 6.45) is 1.79. The highest BCUT2D eigenvalue weighted by Crippen LogP contribution is 2.23. The van der Waals surface area contributed by atoms with Crippen LogP contribution in [-0.4, -0.2) is 10.9 Å². The number of hydrogen-bond acceptors (Lipinski definition) is 3. The van der Waals surface area contributed by atoms with Gasteiger partial charge in [-0.2, -0.15) is 0 Å². The van der Waals surface area contributed by atoms with Crippen LogP contribution in [0.25, 0.3) is 10.6 Å². The molecule has 0 bridgehead atoms. The summed E-state index contributed by atoms with van der Waals surface area (Å²) in [6, 6.07) is 7.73. The lowest BCUT2D eigenvalue weighted by atomic mass is 10.2. The van der Waals surface area contributed by atoms with Gasteiger partial charge in [-0.05, 0) is 24.3 Å². The average molecular weight is 246 g/mol. The van der Waals surface area contributed by atoms with Crippen molar-refractivity contribution in [2.24, 2.45) is 5.92 Å². The van der Waals surface area contributed by atoms with E-state index in [-0.39, 0.29) is 11.8 Å². The molecule has 0 radical (unpaired) electrons. The van der Waals surface area contributed by atoms with Crippen LogP contribution in [0.5, 0.6) is 0 Å². The van der Waals surface area contributed by atoms with Crippen molar-refractivity contribution in [2.45, 2.75) is 13.8 Å². The van der Waals surface area contributed by atoms with Crippen molar-refractivity contribution in [3.05, 3.63) is 35.8 Å². The van der Waals surface area contributed by atoms with E-state index < -0.39 is 0 Å². The lowest BCUT2D eigenvalue weighted by Crippen LogP contribution is -2.17. The molecule has 0 atom stereocenters. The zero-order chi connectivity index (χ0) is 12.3. The van der Waals surface area contributed by atoms with Crippen LogP contribution >= 0.6 is 11.3 Å². The molecule has 3 nitrogen and oxygen atoms in total. The van der Waals surface area contributed by atoms with Crippen LogP contribution in [0.2, 0.25) is 0 Å². The molecule has 1 N–H and O–H groups in total. The number of amides is 1. The van der Waals surface area contributed by atoms with Gasteiger partial charge in [-0.25, -0.2) is 4.98 Å². The second-order valence-electron chi connectivity index (χ2n) is 4.06. The SMILES string of the molecule is CC(C)C(=O)Nc1ccc(-c2nccs2)cc1. The van der Waals surface area contributed by atoms with E-state index >= 15 is 0 Å². The van der Waals surface area contributed by atoms with Gasteiger partial charge in [-0.3, -0.25) is 4.79 Å². The normalized spacial score (nSPS) is 10.5. The molecule has 0 saturated carbocycles. The maximum atomic E-state index is 11.5. The first-order chi connectivity index (χ1) is 8.16. The number of nitrogens with one attached hydrogen (secondary N) is 1. The van der Waals surface area contributed by atoms with Crippen LogP contribution in [-0.2, 0) is 4.79 Å². The van der Waals surface area contributed by atoms with Crippen LogP contribution in [0.1, 0.15) is 13.8 Å². The van der Waals surface area contributed by atoms with Crippen molar-refractivity contribution in [2.75, 3.05) is 5.32 Å². The molecule has 0 fully saturated rings. The van der Waals surface area contributed by atoms with Crippen molar-refractivity contribution >= 4 is 22.9 Å². The summed E-state index contributed by atoms with van der Waals surface area (Å²) in [5, 5.41) is 5.80. The van der Waals surface area contributed by atoms with E-state index in [0.29, 0.717) is 0 Å². The Balaban J connectivity index is 2.11. The minimum absolute atomic E-state index is 0.00589. The van der Waals surface area contributed by atoms with Crippen LogP contribution in [0, 0.1) is 5.92 Å². The lowest BCUT2D eigenvalue weighted by Gasteiger charge is -2.07. The van der Waals surface area contributed by atoms with Gasteiger partial charge < -0.3 is 5.32 Å². The third kappa shape index (κ3) is 2.91. The topological polar surface area (TPSA) is 42.0 Å². The summed E-state index contributed by atoms with van der Waals surface area (Å²) in [5.41, 5.74) is 1.89. The summed E-state index contributed by atoms with van der Waals surface area (Å²) < 4.78 is 0. The third-order valence-electron chi connectivity index (χ3n) is 2.36. The maximum Gasteiger partial charge on any atom is 0.226 e. The Hall–Kier alpha value is -1.68. The molecule has 88 valence electrons. The largest absolute Gasteiger partial charge is 0.326 e. The van der Waals surface area contributed by atoms with E-state index in [1.54, 1.807) is 17.5 Å². The molecule has 4 heteroatoms. The van der Waals surface area contributed by atoms with Crippen LogP contribution in [0.15, 0.2) is 35.8 Å². The zero-order valence-electron chi connectivity index (χ0n) is 9.81. The van der Waals surface area contributed by atoms with E-state index in [0.717, 1.165) is 16.3 Å². The van der Waals surface area contributed by atoms with Gasteiger partial charge in [-0.15, -0.1) is 11.3 Å². The molecule has 1 heterocycles.